The molecule has 0 aliphatic rings. The molecule has 1 atom stereocenters. The molecular formula is C15H17BrN2O5S. The Labute approximate surface area is 148 Å². The number of benzene rings is 1. The van der Waals surface area contributed by atoms with Crippen LogP contribution in [0.15, 0.2) is 50.6 Å². The number of rotatable bonds is 7. The molecule has 0 radical (unpaired) electrons. The Kier molecular flexibility index (Phi) is 6.16. The molecule has 1 heterocycles. The van der Waals surface area contributed by atoms with Gasteiger partial charge in [-0.2, -0.15) is 0 Å². The van der Waals surface area contributed by atoms with Gasteiger partial charge < -0.3 is 14.5 Å². The van der Waals surface area contributed by atoms with E-state index in [1.54, 1.807) is 6.92 Å². The zero-order valence-corrected chi connectivity index (χ0v) is 15.5. The van der Waals surface area contributed by atoms with Gasteiger partial charge in [0.05, 0.1) is 17.1 Å². The van der Waals surface area contributed by atoms with E-state index in [0.717, 1.165) is 0 Å². The van der Waals surface area contributed by atoms with E-state index in [2.05, 4.69) is 26.0 Å². The highest BCUT2D eigenvalue weighted by Gasteiger charge is 2.17. The van der Waals surface area contributed by atoms with Crippen molar-refractivity contribution in [3.05, 3.63) is 46.8 Å². The van der Waals surface area contributed by atoms with Crippen LogP contribution in [0.1, 0.15) is 17.3 Å². The second-order valence-corrected chi connectivity index (χ2v) is 7.59. The van der Waals surface area contributed by atoms with Crippen molar-refractivity contribution in [3.8, 4) is 0 Å². The molecule has 7 nitrogen and oxygen atoms in total. The summed E-state index contributed by atoms with van der Waals surface area (Å²) >= 11 is 3.12. The minimum atomic E-state index is -3.64. The number of amides is 1. The number of nitrogens with one attached hydrogen (secondary N) is 2. The molecule has 0 aliphatic carbocycles. The lowest BCUT2D eigenvalue weighted by Gasteiger charge is -2.13. The normalized spacial score (nSPS) is 12.8. The van der Waals surface area contributed by atoms with Crippen LogP contribution in [0, 0.1) is 0 Å². The van der Waals surface area contributed by atoms with Gasteiger partial charge in [-0.15, -0.1) is 0 Å². The Hall–Kier alpha value is -1.68. The second kappa shape index (κ2) is 7.93. The highest BCUT2D eigenvalue weighted by atomic mass is 79.9. The van der Waals surface area contributed by atoms with Crippen LogP contribution in [-0.2, 0) is 14.8 Å². The van der Waals surface area contributed by atoms with E-state index in [1.165, 1.54) is 43.7 Å². The predicted molar refractivity (Wildman–Crippen MR) is 92.5 cm³/mol. The molecule has 0 bridgehead atoms. The summed E-state index contributed by atoms with van der Waals surface area (Å²) in [4.78, 5) is 12.1. The summed E-state index contributed by atoms with van der Waals surface area (Å²) in [5, 5.41) is 2.66. The first-order valence-corrected chi connectivity index (χ1v) is 9.26. The Morgan fingerprint density at radius 2 is 2.00 bits per heavy atom. The third-order valence-electron chi connectivity index (χ3n) is 3.03. The maximum Gasteiger partial charge on any atom is 0.258 e. The van der Waals surface area contributed by atoms with Gasteiger partial charge in [0.25, 0.3) is 5.91 Å². The van der Waals surface area contributed by atoms with Crippen molar-refractivity contribution in [2.75, 3.05) is 19.0 Å². The van der Waals surface area contributed by atoms with Crippen LogP contribution in [-0.4, -0.2) is 34.1 Å². The van der Waals surface area contributed by atoms with E-state index in [4.69, 9.17) is 9.15 Å². The summed E-state index contributed by atoms with van der Waals surface area (Å²) in [6.07, 6.45) is 1.32. The highest BCUT2D eigenvalue weighted by molar-refractivity contribution is 9.10. The topological polar surface area (TPSA) is 97.6 Å². The number of carbonyl (C=O) groups excluding carboxylic acids is 1. The lowest BCUT2D eigenvalue weighted by Crippen LogP contribution is -2.35. The molecule has 2 rings (SSSR count). The second-order valence-electron chi connectivity index (χ2n) is 5.10. The number of furan rings is 1. The first-order chi connectivity index (χ1) is 11.3. The van der Waals surface area contributed by atoms with Gasteiger partial charge in [0.15, 0.2) is 4.67 Å². The van der Waals surface area contributed by atoms with Crippen LogP contribution in [0.5, 0.6) is 0 Å². The number of methoxy groups -OCH3 is 1. The van der Waals surface area contributed by atoms with Crippen molar-refractivity contribution in [1.82, 2.24) is 4.72 Å². The van der Waals surface area contributed by atoms with Gasteiger partial charge in [0, 0.05) is 24.9 Å². The Bertz CT molecular complexity index is 802. The highest BCUT2D eigenvalue weighted by Crippen LogP contribution is 2.18. The number of ether oxygens (including phenoxy) is 1. The minimum absolute atomic E-state index is 0.106. The molecule has 1 amide bonds. The first-order valence-electron chi connectivity index (χ1n) is 6.98. The van der Waals surface area contributed by atoms with Gasteiger partial charge in [-0.25, -0.2) is 13.1 Å². The molecule has 0 spiro atoms. The maximum atomic E-state index is 12.2. The van der Waals surface area contributed by atoms with Crippen LogP contribution < -0.4 is 10.0 Å². The zero-order valence-electron chi connectivity index (χ0n) is 13.1. The Balaban J connectivity index is 2.06. The third kappa shape index (κ3) is 4.91. The maximum absolute atomic E-state index is 12.2. The monoisotopic (exact) mass is 416 g/mol. The van der Waals surface area contributed by atoms with Crippen molar-refractivity contribution >= 4 is 37.5 Å². The van der Waals surface area contributed by atoms with E-state index < -0.39 is 10.0 Å². The van der Waals surface area contributed by atoms with Crippen LogP contribution in [0.2, 0.25) is 0 Å². The molecule has 24 heavy (non-hydrogen) atoms. The molecule has 0 fully saturated rings. The number of halogens is 1. The van der Waals surface area contributed by atoms with E-state index in [1.807, 2.05) is 0 Å². The van der Waals surface area contributed by atoms with E-state index >= 15 is 0 Å². The number of hydrogen-bond acceptors (Lipinski definition) is 5. The fourth-order valence-electron chi connectivity index (χ4n) is 1.97. The van der Waals surface area contributed by atoms with Gasteiger partial charge in [-0.3, -0.25) is 4.79 Å². The molecule has 0 aliphatic heterocycles. The molecule has 130 valence electrons. The van der Waals surface area contributed by atoms with Crippen molar-refractivity contribution in [2.24, 2.45) is 0 Å². The summed E-state index contributed by atoms with van der Waals surface area (Å²) in [5.41, 5.74) is 0.829. The van der Waals surface area contributed by atoms with Gasteiger partial charge in [-0.05, 0) is 47.1 Å². The van der Waals surface area contributed by atoms with Gasteiger partial charge in [0.1, 0.15) is 6.26 Å². The molecule has 2 N–H and O–H groups in total. The van der Waals surface area contributed by atoms with Crippen molar-refractivity contribution in [3.63, 3.8) is 0 Å². The van der Waals surface area contributed by atoms with Crippen molar-refractivity contribution in [1.29, 1.82) is 0 Å². The Morgan fingerprint density at radius 1 is 1.33 bits per heavy atom. The van der Waals surface area contributed by atoms with Crippen molar-refractivity contribution in [2.45, 2.75) is 17.9 Å². The molecule has 1 aromatic heterocycles. The van der Waals surface area contributed by atoms with E-state index in [-0.39, 0.29) is 23.5 Å². The Morgan fingerprint density at radius 3 is 2.54 bits per heavy atom. The molecule has 0 saturated carbocycles. The lowest BCUT2D eigenvalue weighted by molar-refractivity contribution is 0.102. The number of sulfonamides is 1. The zero-order chi connectivity index (χ0) is 17.7. The standard InChI is InChI=1S/C15H17BrN2O5S/c1-10(8-22-2)18-24(20,21)13-5-3-12(4-6-13)17-15(19)11-7-14(16)23-9-11/h3-7,9-10,18H,8H2,1-2H3,(H,17,19). The molecular weight excluding hydrogens is 400 g/mol. The molecule has 1 aromatic carbocycles. The lowest BCUT2D eigenvalue weighted by atomic mass is 10.3. The van der Waals surface area contributed by atoms with Crippen molar-refractivity contribution < 1.29 is 22.4 Å². The van der Waals surface area contributed by atoms with Gasteiger partial charge >= 0.3 is 0 Å². The predicted octanol–water partition coefficient (Wildman–Crippen LogP) is 2.61. The first kappa shape index (κ1) is 18.7. The number of hydrogen-bond donors (Lipinski definition) is 2. The van der Waals surface area contributed by atoms with Gasteiger partial charge in [-0.1, -0.05) is 0 Å². The largest absolute Gasteiger partial charge is 0.457 e. The quantitative estimate of drug-likeness (QED) is 0.722. The van der Waals surface area contributed by atoms with E-state index in [9.17, 15) is 13.2 Å². The molecule has 0 saturated heterocycles. The van der Waals surface area contributed by atoms with Crippen LogP contribution in [0.3, 0.4) is 0 Å². The minimum Gasteiger partial charge on any atom is -0.457 e. The molecule has 1 unspecified atom stereocenters. The fourth-order valence-corrected chi connectivity index (χ4v) is 3.54. The average molecular weight is 417 g/mol. The van der Waals surface area contributed by atoms with Crippen LogP contribution in [0.4, 0.5) is 5.69 Å². The SMILES string of the molecule is COCC(C)NS(=O)(=O)c1ccc(NC(=O)c2coc(Br)c2)cc1. The molecule has 9 heteroatoms. The summed E-state index contributed by atoms with van der Waals surface area (Å²) in [6.45, 7) is 1.98. The smallest absolute Gasteiger partial charge is 0.258 e. The summed E-state index contributed by atoms with van der Waals surface area (Å²) in [5.74, 6) is -0.355. The van der Waals surface area contributed by atoms with Crippen LogP contribution in [0.25, 0.3) is 0 Å². The average Bonchev–Trinajstić information content (AvgIpc) is 2.94. The fraction of sp³-hybridized carbons (Fsp3) is 0.267. The third-order valence-corrected chi connectivity index (χ3v) is 5.05. The summed E-state index contributed by atoms with van der Waals surface area (Å²) in [7, 11) is -2.14. The van der Waals surface area contributed by atoms with Crippen LogP contribution >= 0.6 is 15.9 Å². The number of carbonyl (C=O) groups is 1. The van der Waals surface area contributed by atoms with Gasteiger partial charge in [0.2, 0.25) is 10.0 Å². The number of anilines is 1. The summed E-state index contributed by atoms with van der Waals surface area (Å²) < 4.78 is 37.3. The van der Waals surface area contributed by atoms with E-state index in [0.29, 0.717) is 15.9 Å². The molecule has 2 aromatic rings. The summed E-state index contributed by atoms with van der Waals surface area (Å²) in [6, 6.07) is 7.06.